The van der Waals surface area contributed by atoms with E-state index in [2.05, 4.69) is 4.98 Å². The lowest BCUT2D eigenvalue weighted by Crippen LogP contribution is -2.12. The number of aromatic nitrogens is 2. The van der Waals surface area contributed by atoms with E-state index in [1.165, 1.54) is 18.3 Å². The van der Waals surface area contributed by atoms with E-state index in [0.717, 1.165) is 0 Å². The van der Waals surface area contributed by atoms with Crippen molar-refractivity contribution in [1.29, 1.82) is 0 Å². The van der Waals surface area contributed by atoms with Crippen LogP contribution in [0.1, 0.15) is 31.2 Å². The summed E-state index contributed by atoms with van der Waals surface area (Å²) in [5.41, 5.74) is 0.277. The fraction of sp³-hybridized carbons (Fsp3) is 0.308. The quantitative estimate of drug-likeness (QED) is 0.935. The van der Waals surface area contributed by atoms with Gasteiger partial charge in [0, 0.05) is 22.7 Å². The molecule has 0 radical (unpaired) electrons. The number of hydrogen-bond acceptors (Lipinski definition) is 3. The van der Waals surface area contributed by atoms with Crippen molar-refractivity contribution in [3.63, 3.8) is 0 Å². The molecule has 0 aliphatic heterocycles. The predicted octanol–water partition coefficient (Wildman–Crippen LogP) is 2.49. The lowest BCUT2D eigenvalue weighted by Gasteiger charge is -2.11. The first-order valence-corrected chi connectivity index (χ1v) is 8.15. The van der Waals surface area contributed by atoms with Gasteiger partial charge >= 0.3 is 0 Å². The van der Waals surface area contributed by atoms with Gasteiger partial charge in [-0.05, 0) is 12.1 Å². The van der Waals surface area contributed by atoms with Crippen LogP contribution in [0.5, 0.6) is 0 Å². The van der Waals surface area contributed by atoms with Crippen molar-refractivity contribution in [2.45, 2.75) is 31.3 Å². The zero-order chi connectivity index (χ0) is 15.8. The van der Waals surface area contributed by atoms with Crippen molar-refractivity contribution < 1.29 is 12.8 Å². The molecule has 0 fully saturated rings. The van der Waals surface area contributed by atoms with Crippen LogP contribution in [-0.2, 0) is 16.6 Å². The molecule has 5 nitrogen and oxygen atoms in total. The Balaban J connectivity index is 2.51. The monoisotopic (exact) mass is 331 g/mol. The van der Waals surface area contributed by atoms with Gasteiger partial charge in [-0.3, -0.25) is 0 Å². The van der Waals surface area contributed by atoms with Gasteiger partial charge in [0.05, 0.1) is 6.54 Å². The number of imidazole rings is 1. The second-order valence-corrected chi connectivity index (χ2v) is 6.88. The van der Waals surface area contributed by atoms with E-state index in [0.29, 0.717) is 5.82 Å². The smallest absolute Gasteiger partial charge is 0.257 e. The van der Waals surface area contributed by atoms with Crippen molar-refractivity contribution in [2.24, 2.45) is 5.14 Å². The molecule has 0 unspecified atom stereocenters. The van der Waals surface area contributed by atoms with Gasteiger partial charge in [-0.2, -0.15) is 0 Å². The zero-order valence-electron chi connectivity index (χ0n) is 11.5. The number of nitrogens with zero attached hydrogens (tertiary/aromatic N) is 2. The standard InChI is InChI=1S/C13H15ClFN3O2S/c1-8(2)13-17-12(21(16,19)20)7-18(13)6-9-10(14)4-3-5-11(9)15/h3-5,7-8H,6H2,1-2H3,(H2,16,19,20). The largest absolute Gasteiger partial charge is 0.329 e. The van der Waals surface area contributed by atoms with Gasteiger partial charge in [0.15, 0.2) is 5.03 Å². The van der Waals surface area contributed by atoms with Gasteiger partial charge in [-0.25, -0.2) is 22.9 Å². The summed E-state index contributed by atoms with van der Waals surface area (Å²) in [6.07, 6.45) is 1.30. The van der Waals surface area contributed by atoms with E-state index in [9.17, 15) is 12.8 Å². The minimum absolute atomic E-state index is 0.0500. The van der Waals surface area contributed by atoms with Crippen LogP contribution in [0.15, 0.2) is 29.4 Å². The third kappa shape index (κ3) is 3.42. The Labute approximate surface area is 127 Å². The van der Waals surface area contributed by atoms with Crippen molar-refractivity contribution in [3.8, 4) is 0 Å². The number of nitrogens with two attached hydrogens (primary N) is 1. The molecule has 0 aliphatic carbocycles. The number of halogens is 2. The summed E-state index contributed by atoms with van der Waals surface area (Å²) in [5, 5.41) is 5.12. The highest BCUT2D eigenvalue weighted by Gasteiger charge is 2.19. The van der Waals surface area contributed by atoms with Crippen LogP contribution >= 0.6 is 11.6 Å². The first-order chi connectivity index (χ1) is 9.70. The first kappa shape index (κ1) is 15.9. The molecule has 0 atom stereocenters. The fourth-order valence-corrected chi connectivity index (χ4v) is 2.70. The molecule has 0 aliphatic rings. The molecule has 0 bridgehead atoms. The number of rotatable bonds is 4. The molecule has 0 amide bonds. The van der Waals surface area contributed by atoms with Crippen molar-refractivity contribution in [2.75, 3.05) is 0 Å². The van der Waals surface area contributed by atoms with E-state index in [4.69, 9.17) is 16.7 Å². The second kappa shape index (κ2) is 5.75. The lowest BCUT2D eigenvalue weighted by molar-refractivity contribution is 0.588. The third-order valence-electron chi connectivity index (χ3n) is 2.98. The summed E-state index contributed by atoms with van der Waals surface area (Å²) in [4.78, 5) is 4.02. The van der Waals surface area contributed by atoms with Crippen molar-refractivity contribution in [3.05, 3.63) is 46.6 Å². The van der Waals surface area contributed by atoms with Crippen LogP contribution < -0.4 is 5.14 Å². The van der Waals surface area contributed by atoms with Crippen LogP contribution in [0.2, 0.25) is 5.02 Å². The van der Waals surface area contributed by atoms with Crippen LogP contribution in [0.4, 0.5) is 4.39 Å². The zero-order valence-corrected chi connectivity index (χ0v) is 13.1. The molecule has 2 N–H and O–H groups in total. The van der Waals surface area contributed by atoms with E-state index in [1.54, 1.807) is 10.6 Å². The highest BCUT2D eigenvalue weighted by Crippen LogP contribution is 2.23. The normalized spacial score (nSPS) is 12.1. The molecule has 0 saturated carbocycles. The molecule has 0 saturated heterocycles. The van der Waals surface area contributed by atoms with Crippen LogP contribution in [-0.4, -0.2) is 18.0 Å². The van der Waals surface area contributed by atoms with Gasteiger partial charge in [0.25, 0.3) is 10.0 Å². The second-order valence-electron chi connectivity index (χ2n) is 4.97. The van der Waals surface area contributed by atoms with E-state index in [-0.39, 0.29) is 28.1 Å². The first-order valence-electron chi connectivity index (χ1n) is 6.23. The third-order valence-corrected chi connectivity index (χ3v) is 4.12. The molecular formula is C13H15ClFN3O2S. The molecule has 1 heterocycles. The molecular weight excluding hydrogens is 317 g/mol. The maximum Gasteiger partial charge on any atom is 0.257 e. The van der Waals surface area contributed by atoms with Crippen molar-refractivity contribution in [1.82, 2.24) is 9.55 Å². The van der Waals surface area contributed by atoms with E-state index < -0.39 is 15.8 Å². The van der Waals surface area contributed by atoms with Gasteiger partial charge in [-0.1, -0.05) is 31.5 Å². The summed E-state index contributed by atoms with van der Waals surface area (Å²) < 4.78 is 38.2. The van der Waals surface area contributed by atoms with Crippen LogP contribution in [0.3, 0.4) is 0 Å². The summed E-state index contributed by atoms with van der Waals surface area (Å²) in [6, 6.07) is 4.38. The Hall–Kier alpha value is -1.44. The lowest BCUT2D eigenvalue weighted by atomic mass is 10.2. The fourth-order valence-electron chi connectivity index (χ4n) is 1.98. The Bertz CT molecular complexity index is 751. The molecule has 1 aromatic carbocycles. The summed E-state index contributed by atoms with van der Waals surface area (Å²) in [5.74, 6) is -0.00699. The Morgan fingerprint density at radius 3 is 2.62 bits per heavy atom. The number of sulfonamides is 1. The number of benzene rings is 1. The Kier molecular flexibility index (Phi) is 4.36. The molecule has 114 valence electrons. The maximum absolute atomic E-state index is 13.8. The summed E-state index contributed by atoms with van der Waals surface area (Å²) in [7, 11) is -3.91. The minimum atomic E-state index is -3.91. The molecule has 2 rings (SSSR count). The van der Waals surface area contributed by atoms with Gasteiger partial charge in [0.2, 0.25) is 0 Å². The Morgan fingerprint density at radius 1 is 1.43 bits per heavy atom. The van der Waals surface area contributed by atoms with E-state index >= 15 is 0 Å². The topological polar surface area (TPSA) is 78.0 Å². The molecule has 2 aromatic rings. The minimum Gasteiger partial charge on any atom is -0.329 e. The predicted molar refractivity (Wildman–Crippen MR) is 78.2 cm³/mol. The molecule has 1 aromatic heterocycles. The average Bonchev–Trinajstić information content (AvgIpc) is 2.78. The van der Waals surface area contributed by atoms with Gasteiger partial charge < -0.3 is 4.57 Å². The van der Waals surface area contributed by atoms with Gasteiger partial charge in [0.1, 0.15) is 11.6 Å². The molecule has 21 heavy (non-hydrogen) atoms. The van der Waals surface area contributed by atoms with Crippen LogP contribution in [0.25, 0.3) is 0 Å². The van der Waals surface area contributed by atoms with Crippen molar-refractivity contribution >= 4 is 21.6 Å². The summed E-state index contributed by atoms with van der Waals surface area (Å²) >= 11 is 5.99. The molecule has 0 spiro atoms. The van der Waals surface area contributed by atoms with Gasteiger partial charge in [-0.15, -0.1) is 0 Å². The SMILES string of the molecule is CC(C)c1nc(S(N)(=O)=O)cn1Cc1c(F)cccc1Cl. The highest BCUT2D eigenvalue weighted by atomic mass is 35.5. The average molecular weight is 332 g/mol. The maximum atomic E-state index is 13.8. The van der Waals surface area contributed by atoms with E-state index in [1.807, 2.05) is 13.8 Å². The summed E-state index contributed by atoms with van der Waals surface area (Å²) in [6.45, 7) is 3.80. The Morgan fingerprint density at radius 2 is 2.10 bits per heavy atom. The van der Waals surface area contributed by atoms with Crippen LogP contribution in [0, 0.1) is 5.82 Å². The molecule has 8 heteroatoms. The number of hydrogen-bond donors (Lipinski definition) is 1. The highest BCUT2D eigenvalue weighted by molar-refractivity contribution is 7.89. The number of primary sulfonamides is 1.